The molecule has 0 bridgehead atoms. The topological polar surface area (TPSA) is 99.1 Å². The van der Waals surface area contributed by atoms with Gasteiger partial charge < -0.3 is 20.1 Å². The summed E-state index contributed by atoms with van der Waals surface area (Å²) in [6.45, 7) is 0. The van der Waals surface area contributed by atoms with E-state index in [1.54, 1.807) is 13.3 Å². The minimum absolute atomic E-state index is 0.202. The summed E-state index contributed by atoms with van der Waals surface area (Å²) in [4.78, 5) is 13.2. The van der Waals surface area contributed by atoms with Crippen LogP contribution in [0.25, 0.3) is 32.9 Å². The van der Waals surface area contributed by atoms with Gasteiger partial charge in [-0.1, -0.05) is 18.2 Å². The first-order chi connectivity index (χ1) is 13.2. The van der Waals surface area contributed by atoms with Crippen LogP contribution in [0.2, 0.25) is 0 Å². The molecule has 0 aliphatic heterocycles. The second-order valence-corrected chi connectivity index (χ2v) is 6.88. The Morgan fingerprint density at radius 1 is 1.26 bits per heavy atom. The van der Waals surface area contributed by atoms with Crippen LogP contribution in [0, 0.1) is 0 Å². The van der Waals surface area contributed by atoms with Crippen LogP contribution in [0.15, 0.2) is 36.9 Å². The van der Waals surface area contributed by atoms with Gasteiger partial charge in [0.05, 0.1) is 34.8 Å². The minimum atomic E-state index is 0.202. The van der Waals surface area contributed by atoms with E-state index in [-0.39, 0.29) is 5.88 Å². The Hall–Kier alpha value is -3.35. The summed E-state index contributed by atoms with van der Waals surface area (Å²) in [5.74, 6) is 0.681. The number of methoxy groups -OCH3 is 1. The van der Waals surface area contributed by atoms with Gasteiger partial charge in [0.2, 0.25) is 11.8 Å². The average molecular weight is 361 g/mol. The van der Waals surface area contributed by atoms with Gasteiger partial charge in [-0.3, -0.25) is 0 Å². The summed E-state index contributed by atoms with van der Waals surface area (Å²) in [7, 11) is 1.58. The van der Waals surface area contributed by atoms with E-state index in [2.05, 4.69) is 9.97 Å². The van der Waals surface area contributed by atoms with Crippen LogP contribution in [-0.4, -0.2) is 31.7 Å². The van der Waals surface area contributed by atoms with Crippen molar-refractivity contribution >= 4 is 27.5 Å². The third-order valence-corrected chi connectivity index (χ3v) is 5.44. The van der Waals surface area contributed by atoms with Gasteiger partial charge in [0, 0.05) is 29.4 Å². The molecule has 1 aliphatic carbocycles. The van der Waals surface area contributed by atoms with Crippen LogP contribution in [0.5, 0.6) is 11.8 Å². The summed E-state index contributed by atoms with van der Waals surface area (Å²) in [6.07, 6.45) is 8.38. The van der Waals surface area contributed by atoms with Gasteiger partial charge in [0.25, 0.3) is 0 Å². The van der Waals surface area contributed by atoms with E-state index in [4.69, 9.17) is 15.5 Å². The van der Waals surface area contributed by atoms with Crippen molar-refractivity contribution in [2.45, 2.75) is 25.3 Å². The molecular weight excluding hydrogens is 342 g/mol. The fourth-order valence-electron chi connectivity index (χ4n) is 3.81. The number of aromatic hydroxyl groups is 1. The van der Waals surface area contributed by atoms with Crippen molar-refractivity contribution in [2.24, 2.45) is 0 Å². The molecule has 1 aromatic carbocycles. The zero-order valence-corrected chi connectivity index (χ0v) is 14.9. The van der Waals surface area contributed by atoms with Gasteiger partial charge in [0.15, 0.2) is 0 Å². The van der Waals surface area contributed by atoms with E-state index in [0.29, 0.717) is 28.5 Å². The number of nitrogens with two attached hydrogens (primary N) is 1. The number of hydrogen-bond donors (Lipinski definition) is 2. The maximum absolute atomic E-state index is 10.7. The lowest BCUT2D eigenvalue weighted by Gasteiger charge is -2.27. The lowest BCUT2D eigenvalue weighted by molar-refractivity contribution is 0.283. The Bertz CT molecular complexity index is 1180. The maximum atomic E-state index is 10.7. The van der Waals surface area contributed by atoms with Crippen molar-refractivity contribution in [2.75, 3.05) is 12.8 Å². The first kappa shape index (κ1) is 15.9. The van der Waals surface area contributed by atoms with Crippen LogP contribution in [0.3, 0.4) is 0 Å². The molecule has 0 amide bonds. The quantitative estimate of drug-likeness (QED) is 0.578. The van der Waals surface area contributed by atoms with E-state index in [0.717, 1.165) is 34.9 Å². The molecule has 1 aliphatic rings. The summed E-state index contributed by atoms with van der Waals surface area (Å²) in [6, 6.07) is 6.10. The minimum Gasteiger partial charge on any atom is -0.494 e. The fraction of sp³-hybridized carbons (Fsp3) is 0.250. The molecule has 7 heteroatoms. The zero-order valence-electron chi connectivity index (χ0n) is 14.9. The second kappa shape index (κ2) is 5.84. The molecule has 3 aromatic heterocycles. The molecule has 0 saturated heterocycles. The van der Waals surface area contributed by atoms with Gasteiger partial charge >= 0.3 is 0 Å². The number of anilines is 1. The number of rotatable bonds is 3. The summed E-state index contributed by atoms with van der Waals surface area (Å²) >= 11 is 0. The number of benzene rings is 1. The monoisotopic (exact) mass is 361 g/mol. The highest BCUT2D eigenvalue weighted by molar-refractivity contribution is 6.12. The van der Waals surface area contributed by atoms with Crippen LogP contribution >= 0.6 is 0 Å². The molecule has 0 unspecified atom stereocenters. The Morgan fingerprint density at radius 3 is 2.85 bits per heavy atom. The van der Waals surface area contributed by atoms with Crippen molar-refractivity contribution < 1.29 is 9.84 Å². The SMILES string of the molecule is COc1ncncc1-c1cccc2c(N)c3c(O)n(C4CCC4)cc3nc12. The number of nitrogen functional groups attached to an aromatic ring is 1. The molecule has 0 atom stereocenters. The Kier molecular flexibility index (Phi) is 3.43. The molecule has 3 N–H and O–H groups in total. The van der Waals surface area contributed by atoms with E-state index in [1.807, 2.05) is 29.0 Å². The molecule has 7 nitrogen and oxygen atoms in total. The van der Waals surface area contributed by atoms with Crippen LogP contribution < -0.4 is 10.5 Å². The van der Waals surface area contributed by atoms with E-state index in [9.17, 15) is 5.11 Å². The Morgan fingerprint density at radius 2 is 2.11 bits per heavy atom. The number of fused-ring (bicyclic) bond motifs is 2. The van der Waals surface area contributed by atoms with Crippen molar-refractivity contribution in [3.63, 3.8) is 0 Å². The third-order valence-electron chi connectivity index (χ3n) is 5.44. The smallest absolute Gasteiger partial charge is 0.224 e. The third kappa shape index (κ3) is 2.24. The molecule has 5 rings (SSSR count). The predicted molar refractivity (Wildman–Crippen MR) is 104 cm³/mol. The maximum Gasteiger partial charge on any atom is 0.224 e. The van der Waals surface area contributed by atoms with Gasteiger partial charge in [-0.2, -0.15) is 0 Å². The normalized spacial score (nSPS) is 14.6. The van der Waals surface area contributed by atoms with Crippen molar-refractivity contribution in [3.8, 4) is 22.9 Å². The highest BCUT2D eigenvalue weighted by atomic mass is 16.5. The molecule has 1 saturated carbocycles. The van der Waals surface area contributed by atoms with Gasteiger partial charge in [0.1, 0.15) is 6.33 Å². The summed E-state index contributed by atoms with van der Waals surface area (Å²) in [5, 5.41) is 12.1. The lowest BCUT2D eigenvalue weighted by atomic mass is 9.93. The number of ether oxygens (including phenoxy) is 1. The zero-order chi connectivity index (χ0) is 18.5. The molecule has 4 aromatic rings. The van der Waals surface area contributed by atoms with Gasteiger partial charge in [-0.15, -0.1) is 0 Å². The van der Waals surface area contributed by atoms with E-state index >= 15 is 0 Å². The summed E-state index contributed by atoms with van der Waals surface area (Å²) < 4.78 is 7.29. The molecule has 3 heterocycles. The van der Waals surface area contributed by atoms with Crippen LogP contribution in [0.4, 0.5) is 5.69 Å². The van der Waals surface area contributed by atoms with Crippen LogP contribution in [0.1, 0.15) is 25.3 Å². The van der Waals surface area contributed by atoms with Gasteiger partial charge in [-0.25, -0.2) is 15.0 Å². The Labute approximate surface area is 155 Å². The number of aromatic nitrogens is 4. The highest BCUT2D eigenvalue weighted by Gasteiger charge is 2.25. The Balaban J connectivity index is 1.82. The lowest BCUT2D eigenvalue weighted by Crippen LogP contribution is -2.15. The first-order valence-electron chi connectivity index (χ1n) is 8.95. The summed E-state index contributed by atoms with van der Waals surface area (Å²) in [5.41, 5.74) is 10.0. The average Bonchev–Trinajstić information content (AvgIpc) is 2.96. The molecule has 136 valence electrons. The van der Waals surface area contributed by atoms with Crippen LogP contribution in [-0.2, 0) is 0 Å². The number of nitrogens with zero attached hydrogens (tertiary/aromatic N) is 4. The van der Waals surface area contributed by atoms with E-state index in [1.165, 1.54) is 12.7 Å². The number of pyridine rings is 1. The molecule has 0 spiro atoms. The predicted octanol–water partition coefficient (Wildman–Crippen LogP) is 3.67. The highest BCUT2D eigenvalue weighted by Crippen LogP contribution is 2.43. The van der Waals surface area contributed by atoms with Gasteiger partial charge in [-0.05, 0) is 19.3 Å². The van der Waals surface area contributed by atoms with Crippen molar-refractivity contribution in [3.05, 3.63) is 36.9 Å². The number of para-hydroxylation sites is 1. The molecule has 0 radical (unpaired) electrons. The molecule has 1 fully saturated rings. The molecule has 27 heavy (non-hydrogen) atoms. The largest absolute Gasteiger partial charge is 0.494 e. The first-order valence-corrected chi connectivity index (χ1v) is 8.95. The van der Waals surface area contributed by atoms with Crippen molar-refractivity contribution in [1.29, 1.82) is 0 Å². The fourth-order valence-corrected chi connectivity index (χ4v) is 3.81. The number of hydrogen-bond acceptors (Lipinski definition) is 6. The molecular formula is C20H19N5O2. The van der Waals surface area contributed by atoms with Crippen molar-refractivity contribution in [1.82, 2.24) is 19.5 Å². The standard InChI is InChI=1S/C20H19N5O2/c1-27-19-14(8-22-10-23-19)12-6-3-7-13-17(21)16-15(24-18(12)13)9-25(20(16)26)11-4-2-5-11/h3,6-11,26H,2,4-5,21H2,1H3. The second-order valence-electron chi connectivity index (χ2n) is 6.88. The van der Waals surface area contributed by atoms with E-state index < -0.39 is 0 Å².